The van der Waals surface area contributed by atoms with Gasteiger partial charge in [-0.15, -0.1) is 11.3 Å². The Labute approximate surface area is 193 Å². The largest absolute Gasteiger partial charge is 0.493 e. The zero-order valence-corrected chi connectivity index (χ0v) is 19.8. The van der Waals surface area contributed by atoms with Crippen LogP contribution in [-0.2, 0) is 0 Å². The molecular weight excluding hydrogens is 424 g/mol. The normalized spacial score (nSPS) is 16.0. The number of furan rings is 1. The smallest absolute Gasteiger partial charge is 0.291 e. The van der Waals surface area contributed by atoms with Gasteiger partial charge < -0.3 is 19.2 Å². The predicted octanol–water partition coefficient (Wildman–Crippen LogP) is 5.74. The summed E-state index contributed by atoms with van der Waals surface area (Å²) in [5, 5.41) is 3.92. The Kier molecular flexibility index (Phi) is 6.86. The lowest BCUT2D eigenvalue weighted by atomic mass is 9.92. The van der Waals surface area contributed by atoms with Gasteiger partial charge in [0.25, 0.3) is 5.91 Å². The minimum atomic E-state index is -0.248. The monoisotopic (exact) mass is 454 g/mol. The molecule has 6 nitrogen and oxygen atoms in total. The van der Waals surface area contributed by atoms with Gasteiger partial charge in [-0.3, -0.25) is 9.69 Å². The van der Waals surface area contributed by atoms with E-state index in [2.05, 4.69) is 36.2 Å². The predicted molar refractivity (Wildman–Crippen MR) is 127 cm³/mol. The Morgan fingerprint density at radius 3 is 2.59 bits per heavy atom. The molecule has 1 N–H and O–H groups in total. The summed E-state index contributed by atoms with van der Waals surface area (Å²) in [6.07, 6.45) is 3.79. The number of para-hydroxylation sites is 1. The number of ether oxygens (including phenoxy) is 2. The number of amides is 1. The highest BCUT2D eigenvalue weighted by Crippen LogP contribution is 2.45. The number of aryl methyl sites for hydroxylation is 1. The molecule has 3 aromatic rings. The Balaban J connectivity index is 1.79. The molecule has 1 amide bonds. The summed E-state index contributed by atoms with van der Waals surface area (Å²) in [5.41, 5.74) is 2.10. The summed E-state index contributed by atoms with van der Waals surface area (Å²) in [4.78, 5) is 16.4. The van der Waals surface area contributed by atoms with Gasteiger partial charge in [-0.1, -0.05) is 19.1 Å². The molecule has 0 spiro atoms. The van der Waals surface area contributed by atoms with Gasteiger partial charge >= 0.3 is 0 Å². The number of hydrogen-bond acceptors (Lipinski definition) is 6. The average molecular weight is 455 g/mol. The molecule has 1 fully saturated rings. The Morgan fingerprint density at radius 2 is 1.94 bits per heavy atom. The molecule has 0 radical (unpaired) electrons. The van der Waals surface area contributed by atoms with E-state index in [-0.39, 0.29) is 11.9 Å². The maximum absolute atomic E-state index is 12.8. The zero-order valence-electron chi connectivity index (χ0n) is 19.0. The summed E-state index contributed by atoms with van der Waals surface area (Å²) in [7, 11) is 3.33. The van der Waals surface area contributed by atoms with Crippen LogP contribution in [0.1, 0.15) is 52.4 Å². The number of methoxy groups -OCH3 is 2. The van der Waals surface area contributed by atoms with E-state index in [1.165, 1.54) is 6.26 Å². The molecule has 170 valence electrons. The van der Waals surface area contributed by atoms with Crippen molar-refractivity contribution in [1.29, 1.82) is 0 Å². The molecule has 2 aromatic heterocycles. The van der Waals surface area contributed by atoms with Crippen LogP contribution in [-0.4, -0.2) is 38.1 Å². The molecule has 0 saturated carbocycles. The van der Waals surface area contributed by atoms with Crippen molar-refractivity contribution >= 4 is 22.2 Å². The highest BCUT2D eigenvalue weighted by atomic mass is 32.1. The molecule has 4 rings (SSSR count). The van der Waals surface area contributed by atoms with Gasteiger partial charge in [-0.2, -0.15) is 0 Å². The standard InChI is InChI=1S/C25H30N2O4S/c1-16-10-12-27(13-11-16)22(18-7-5-8-20(29-3)23(18)30-4)19-15-17(2)32-25(19)26-24(28)21-9-6-14-31-21/h5-9,14-16,22H,10-13H2,1-4H3,(H,26,28)/t22-/m1/s1. The number of hydrogen-bond donors (Lipinski definition) is 1. The van der Waals surface area contributed by atoms with Crippen LogP contribution in [0.4, 0.5) is 5.00 Å². The van der Waals surface area contributed by atoms with Crippen LogP contribution >= 0.6 is 11.3 Å². The lowest BCUT2D eigenvalue weighted by Gasteiger charge is -2.38. The number of thiophene rings is 1. The molecule has 3 heterocycles. The molecule has 0 aliphatic carbocycles. The van der Waals surface area contributed by atoms with Crippen molar-refractivity contribution in [2.45, 2.75) is 32.7 Å². The fourth-order valence-corrected chi connectivity index (χ4v) is 5.32. The second-order valence-electron chi connectivity index (χ2n) is 8.28. The fraction of sp³-hybridized carbons (Fsp3) is 0.400. The third-order valence-corrected chi connectivity index (χ3v) is 7.04. The number of rotatable bonds is 7. The first-order chi connectivity index (χ1) is 15.5. The van der Waals surface area contributed by atoms with Crippen LogP contribution in [0.15, 0.2) is 47.1 Å². The van der Waals surface area contributed by atoms with E-state index in [4.69, 9.17) is 13.9 Å². The lowest BCUT2D eigenvalue weighted by molar-refractivity contribution is 0.0996. The summed E-state index contributed by atoms with van der Waals surface area (Å²) >= 11 is 1.58. The summed E-state index contributed by atoms with van der Waals surface area (Å²) < 4.78 is 16.7. The van der Waals surface area contributed by atoms with Gasteiger partial charge in [0, 0.05) is 16.0 Å². The maximum Gasteiger partial charge on any atom is 0.291 e. The Hall–Kier alpha value is -2.77. The highest BCUT2D eigenvalue weighted by Gasteiger charge is 2.32. The Bertz CT molecular complexity index is 1050. The number of carbonyl (C=O) groups excluding carboxylic acids is 1. The van der Waals surface area contributed by atoms with Crippen molar-refractivity contribution in [3.05, 3.63) is 64.4 Å². The van der Waals surface area contributed by atoms with Crippen molar-refractivity contribution in [1.82, 2.24) is 4.90 Å². The van der Waals surface area contributed by atoms with E-state index in [0.717, 1.165) is 52.7 Å². The second kappa shape index (κ2) is 9.79. The van der Waals surface area contributed by atoms with Crippen molar-refractivity contribution in [3.8, 4) is 11.5 Å². The van der Waals surface area contributed by atoms with Crippen LogP contribution in [0.5, 0.6) is 11.5 Å². The Morgan fingerprint density at radius 1 is 1.16 bits per heavy atom. The lowest BCUT2D eigenvalue weighted by Crippen LogP contribution is -2.37. The molecule has 1 aliphatic rings. The van der Waals surface area contributed by atoms with Crippen LogP contribution < -0.4 is 14.8 Å². The van der Waals surface area contributed by atoms with Gasteiger partial charge in [0.2, 0.25) is 0 Å². The SMILES string of the molecule is COc1cccc([C@H](c2cc(C)sc2NC(=O)c2ccco2)N2CCC(C)CC2)c1OC. The number of anilines is 1. The summed E-state index contributed by atoms with van der Waals surface area (Å²) in [5.74, 6) is 2.19. The van der Waals surface area contributed by atoms with E-state index in [0.29, 0.717) is 17.4 Å². The van der Waals surface area contributed by atoms with Crippen LogP contribution in [0.3, 0.4) is 0 Å². The van der Waals surface area contributed by atoms with Crippen LogP contribution in [0.25, 0.3) is 0 Å². The molecule has 32 heavy (non-hydrogen) atoms. The van der Waals surface area contributed by atoms with Gasteiger partial charge in [-0.25, -0.2) is 0 Å². The van der Waals surface area contributed by atoms with Crippen molar-refractivity contribution in [2.24, 2.45) is 5.92 Å². The summed E-state index contributed by atoms with van der Waals surface area (Å²) in [6, 6.07) is 11.5. The first kappa shape index (κ1) is 22.4. The number of benzene rings is 1. The molecule has 7 heteroatoms. The van der Waals surface area contributed by atoms with E-state index in [9.17, 15) is 4.79 Å². The second-order valence-corrected chi connectivity index (χ2v) is 9.53. The molecule has 1 saturated heterocycles. The van der Waals surface area contributed by atoms with E-state index in [1.807, 2.05) is 12.1 Å². The van der Waals surface area contributed by atoms with Gasteiger partial charge in [0.1, 0.15) is 5.00 Å². The third-order valence-electron chi connectivity index (χ3n) is 6.06. The van der Waals surface area contributed by atoms with E-state index >= 15 is 0 Å². The van der Waals surface area contributed by atoms with Crippen LogP contribution in [0, 0.1) is 12.8 Å². The average Bonchev–Trinajstić information content (AvgIpc) is 3.45. The number of piperidine rings is 1. The van der Waals surface area contributed by atoms with Crippen molar-refractivity contribution < 1.29 is 18.7 Å². The third kappa shape index (κ3) is 4.54. The zero-order chi connectivity index (χ0) is 22.7. The van der Waals surface area contributed by atoms with Crippen molar-refractivity contribution in [3.63, 3.8) is 0 Å². The summed E-state index contributed by atoms with van der Waals surface area (Å²) in [6.45, 7) is 6.33. The van der Waals surface area contributed by atoms with Crippen LogP contribution in [0.2, 0.25) is 0 Å². The van der Waals surface area contributed by atoms with Gasteiger partial charge in [0.05, 0.1) is 26.5 Å². The van der Waals surface area contributed by atoms with Gasteiger partial charge in [-0.05, 0) is 63.0 Å². The minimum absolute atomic E-state index is 0.0654. The van der Waals surface area contributed by atoms with E-state index < -0.39 is 0 Å². The molecular formula is C25H30N2O4S. The number of carbonyl (C=O) groups is 1. The molecule has 1 atom stereocenters. The first-order valence-electron chi connectivity index (χ1n) is 10.9. The first-order valence-corrected chi connectivity index (χ1v) is 11.7. The molecule has 1 aromatic carbocycles. The number of nitrogens with zero attached hydrogens (tertiary/aromatic N) is 1. The highest BCUT2D eigenvalue weighted by molar-refractivity contribution is 7.16. The number of likely N-dealkylation sites (tertiary alicyclic amines) is 1. The fourth-order valence-electron chi connectivity index (χ4n) is 4.38. The number of nitrogens with one attached hydrogen (secondary N) is 1. The molecule has 0 unspecified atom stereocenters. The maximum atomic E-state index is 12.8. The molecule has 0 bridgehead atoms. The minimum Gasteiger partial charge on any atom is -0.493 e. The topological polar surface area (TPSA) is 63.9 Å². The van der Waals surface area contributed by atoms with Crippen molar-refractivity contribution in [2.75, 3.05) is 32.6 Å². The molecule has 1 aliphatic heterocycles. The quantitative estimate of drug-likeness (QED) is 0.493. The van der Waals surface area contributed by atoms with E-state index in [1.54, 1.807) is 37.7 Å². The van der Waals surface area contributed by atoms with Gasteiger partial charge in [0.15, 0.2) is 17.3 Å².